The third-order valence-corrected chi connectivity index (χ3v) is 6.31. The summed E-state index contributed by atoms with van der Waals surface area (Å²) in [6, 6.07) is -0.631. The number of carboxylic acid groups (broad SMARTS) is 1. The molecule has 0 aromatic carbocycles. The third-order valence-electron chi connectivity index (χ3n) is 4.80. The molecule has 3 heterocycles. The Kier molecular flexibility index (Phi) is 3.63. The summed E-state index contributed by atoms with van der Waals surface area (Å²) in [7, 11) is 0. The highest BCUT2D eigenvalue weighted by molar-refractivity contribution is 8.01. The lowest BCUT2D eigenvalue weighted by Crippen LogP contribution is -2.52. The fraction of sp³-hybridized carbons (Fsp3) is 0.786. The minimum absolute atomic E-state index is 0.00316. The molecule has 3 fully saturated rings. The molecule has 1 N–H and O–H groups in total. The first-order chi connectivity index (χ1) is 9.92. The Balaban J connectivity index is 1.76. The molecule has 3 saturated heterocycles. The molecule has 116 valence electrons. The van der Waals surface area contributed by atoms with Crippen LogP contribution in [-0.2, 0) is 14.4 Å². The smallest absolute Gasteiger partial charge is 0.305 e. The van der Waals surface area contributed by atoms with Crippen LogP contribution in [0.1, 0.15) is 39.0 Å². The zero-order valence-electron chi connectivity index (χ0n) is 12.1. The molecule has 0 aliphatic carbocycles. The van der Waals surface area contributed by atoms with Crippen LogP contribution < -0.4 is 0 Å². The van der Waals surface area contributed by atoms with Crippen LogP contribution in [0.15, 0.2) is 0 Å². The molecule has 6 nitrogen and oxygen atoms in total. The molecular formula is C14H20N2O4S. The van der Waals surface area contributed by atoms with Crippen molar-refractivity contribution in [3.8, 4) is 0 Å². The quantitative estimate of drug-likeness (QED) is 0.838. The summed E-state index contributed by atoms with van der Waals surface area (Å²) in [5.41, 5.74) is 0. The maximum Gasteiger partial charge on any atom is 0.305 e. The van der Waals surface area contributed by atoms with Crippen LogP contribution >= 0.6 is 11.8 Å². The van der Waals surface area contributed by atoms with E-state index in [1.54, 1.807) is 21.6 Å². The molecule has 0 aromatic heterocycles. The lowest BCUT2D eigenvalue weighted by Gasteiger charge is -2.33. The SMILES string of the molecule is C[C@]12CCC(=O)N1[C@@H](C(=O)N1CCC[C@@H]1CC(=O)O)CS2. The highest BCUT2D eigenvalue weighted by Gasteiger charge is 2.54. The van der Waals surface area contributed by atoms with Gasteiger partial charge in [0.25, 0.3) is 0 Å². The zero-order chi connectivity index (χ0) is 15.2. The minimum atomic E-state index is -0.873. The monoisotopic (exact) mass is 312 g/mol. The van der Waals surface area contributed by atoms with E-state index in [-0.39, 0.29) is 29.1 Å². The summed E-state index contributed by atoms with van der Waals surface area (Å²) in [6.45, 7) is 2.63. The van der Waals surface area contributed by atoms with Crippen LogP contribution in [0.3, 0.4) is 0 Å². The number of hydrogen-bond acceptors (Lipinski definition) is 4. The van der Waals surface area contributed by atoms with E-state index < -0.39 is 12.0 Å². The number of likely N-dealkylation sites (tertiary alicyclic amines) is 1. The maximum atomic E-state index is 12.8. The third kappa shape index (κ3) is 2.41. The number of fused-ring (bicyclic) bond motifs is 1. The van der Waals surface area contributed by atoms with Gasteiger partial charge in [0, 0.05) is 24.8 Å². The molecule has 3 atom stereocenters. The summed E-state index contributed by atoms with van der Waals surface area (Å²) in [6.07, 6.45) is 2.87. The highest BCUT2D eigenvalue weighted by atomic mass is 32.2. The second-order valence-electron chi connectivity index (χ2n) is 6.19. The van der Waals surface area contributed by atoms with Crippen molar-refractivity contribution in [2.24, 2.45) is 0 Å². The molecular weight excluding hydrogens is 292 g/mol. The van der Waals surface area contributed by atoms with Crippen molar-refractivity contribution in [3.63, 3.8) is 0 Å². The van der Waals surface area contributed by atoms with Crippen LogP contribution in [0.4, 0.5) is 0 Å². The Morgan fingerprint density at radius 2 is 2.24 bits per heavy atom. The molecule has 0 saturated carbocycles. The van der Waals surface area contributed by atoms with Crippen molar-refractivity contribution in [1.82, 2.24) is 9.80 Å². The standard InChI is InChI=1S/C14H20N2O4S/c1-14-5-4-11(17)16(14)10(8-21-14)13(20)15-6-2-3-9(15)7-12(18)19/h9-10H,2-8H2,1H3,(H,18,19)/t9-,10-,14+/m1/s1. The number of rotatable bonds is 3. The molecule has 7 heteroatoms. The van der Waals surface area contributed by atoms with Crippen molar-refractivity contribution in [2.75, 3.05) is 12.3 Å². The molecule has 2 amide bonds. The Hall–Kier alpha value is -1.24. The van der Waals surface area contributed by atoms with Gasteiger partial charge in [0.2, 0.25) is 11.8 Å². The Morgan fingerprint density at radius 3 is 2.95 bits per heavy atom. The van der Waals surface area contributed by atoms with Crippen LogP contribution in [0.2, 0.25) is 0 Å². The van der Waals surface area contributed by atoms with Gasteiger partial charge in [-0.3, -0.25) is 14.4 Å². The summed E-state index contributed by atoms with van der Waals surface area (Å²) < 4.78 is 0. The predicted octanol–water partition coefficient (Wildman–Crippen LogP) is 0.906. The molecule has 21 heavy (non-hydrogen) atoms. The minimum Gasteiger partial charge on any atom is -0.481 e. The summed E-state index contributed by atoms with van der Waals surface area (Å²) in [5, 5.41) is 8.97. The average molecular weight is 312 g/mol. The summed E-state index contributed by atoms with van der Waals surface area (Å²) in [5.74, 6) is -0.264. The number of hydrogen-bond donors (Lipinski definition) is 1. The first-order valence-electron chi connectivity index (χ1n) is 7.41. The van der Waals surface area contributed by atoms with Crippen LogP contribution in [0, 0.1) is 0 Å². The van der Waals surface area contributed by atoms with Crippen molar-refractivity contribution in [3.05, 3.63) is 0 Å². The van der Waals surface area contributed by atoms with E-state index in [1.165, 1.54) is 0 Å². The lowest BCUT2D eigenvalue weighted by atomic mass is 10.1. The van der Waals surface area contributed by atoms with Gasteiger partial charge in [-0.05, 0) is 26.2 Å². The normalized spacial score (nSPS) is 35.4. The first-order valence-corrected chi connectivity index (χ1v) is 8.39. The van der Waals surface area contributed by atoms with Gasteiger partial charge in [-0.2, -0.15) is 0 Å². The number of aliphatic carboxylic acids is 1. The van der Waals surface area contributed by atoms with E-state index in [2.05, 4.69) is 0 Å². The van der Waals surface area contributed by atoms with E-state index in [4.69, 9.17) is 5.11 Å². The summed E-state index contributed by atoms with van der Waals surface area (Å²) >= 11 is 1.67. The van der Waals surface area contributed by atoms with E-state index >= 15 is 0 Å². The maximum absolute atomic E-state index is 12.8. The van der Waals surface area contributed by atoms with Crippen molar-refractivity contribution in [1.29, 1.82) is 0 Å². The van der Waals surface area contributed by atoms with Gasteiger partial charge >= 0.3 is 5.97 Å². The molecule has 0 bridgehead atoms. The number of thioether (sulfide) groups is 1. The van der Waals surface area contributed by atoms with Crippen LogP contribution in [0.25, 0.3) is 0 Å². The molecule has 3 aliphatic heterocycles. The topological polar surface area (TPSA) is 77.9 Å². The van der Waals surface area contributed by atoms with Crippen molar-refractivity contribution < 1.29 is 19.5 Å². The van der Waals surface area contributed by atoms with E-state index in [9.17, 15) is 14.4 Å². The van der Waals surface area contributed by atoms with E-state index in [1.807, 2.05) is 6.92 Å². The van der Waals surface area contributed by atoms with Crippen LogP contribution in [-0.4, -0.2) is 61.9 Å². The largest absolute Gasteiger partial charge is 0.481 e. The van der Waals surface area contributed by atoms with Gasteiger partial charge in [-0.1, -0.05) is 0 Å². The predicted molar refractivity (Wildman–Crippen MR) is 77.7 cm³/mol. The van der Waals surface area contributed by atoms with Gasteiger partial charge in [0.1, 0.15) is 6.04 Å². The van der Waals surface area contributed by atoms with E-state index in [0.29, 0.717) is 18.7 Å². The molecule has 0 radical (unpaired) electrons. The zero-order valence-corrected chi connectivity index (χ0v) is 12.9. The first kappa shape index (κ1) is 14.7. The lowest BCUT2D eigenvalue weighted by molar-refractivity contribution is -0.146. The highest BCUT2D eigenvalue weighted by Crippen LogP contribution is 2.47. The Labute approximate surface area is 127 Å². The average Bonchev–Trinajstić information content (AvgIpc) is 3.06. The van der Waals surface area contributed by atoms with Crippen molar-refractivity contribution >= 4 is 29.5 Å². The molecule has 0 aromatic rings. The molecule has 3 aliphatic rings. The number of carboxylic acids is 1. The fourth-order valence-electron chi connectivity index (χ4n) is 3.73. The number of amides is 2. The van der Waals surface area contributed by atoms with Crippen LogP contribution in [0.5, 0.6) is 0 Å². The van der Waals surface area contributed by atoms with Gasteiger partial charge in [0.05, 0.1) is 11.3 Å². The second kappa shape index (κ2) is 5.19. The summed E-state index contributed by atoms with van der Waals surface area (Å²) in [4.78, 5) is 39.0. The number of carbonyl (C=O) groups is 3. The number of nitrogens with zero attached hydrogens (tertiary/aromatic N) is 2. The Morgan fingerprint density at radius 1 is 1.48 bits per heavy atom. The fourth-order valence-corrected chi connectivity index (χ4v) is 5.16. The van der Waals surface area contributed by atoms with E-state index in [0.717, 1.165) is 19.3 Å². The molecule has 0 unspecified atom stereocenters. The number of carbonyl (C=O) groups excluding carboxylic acids is 2. The second-order valence-corrected chi connectivity index (χ2v) is 7.69. The van der Waals surface area contributed by atoms with Gasteiger partial charge in [-0.15, -0.1) is 11.8 Å². The van der Waals surface area contributed by atoms with Gasteiger partial charge in [-0.25, -0.2) is 0 Å². The van der Waals surface area contributed by atoms with Gasteiger partial charge in [0.15, 0.2) is 0 Å². The van der Waals surface area contributed by atoms with Gasteiger partial charge < -0.3 is 14.9 Å². The molecule has 0 spiro atoms. The Bertz CT molecular complexity index is 497. The van der Waals surface area contributed by atoms with Crippen molar-refractivity contribution in [2.45, 2.75) is 56.0 Å². The molecule has 3 rings (SSSR count).